The van der Waals surface area contributed by atoms with Crippen molar-refractivity contribution < 1.29 is 13.6 Å². The monoisotopic (exact) mass is 398 g/mol. The third-order valence-electron chi connectivity index (χ3n) is 3.44. The average molecular weight is 399 g/mol. The third kappa shape index (κ3) is 4.14. The summed E-state index contributed by atoms with van der Waals surface area (Å²) >= 11 is 3.22. The molecule has 0 aliphatic heterocycles. The Balaban J connectivity index is 1.65. The number of benzene rings is 2. The Labute approximate surface area is 152 Å². The molecule has 25 heavy (non-hydrogen) atoms. The molecule has 0 radical (unpaired) electrons. The standard InChI is InChI=1S/C19H12BrFN2O2/c20-15-5-7-17(18(21)9-15)19-8-6-16(25-19)11-23-24-12-14-4-2-1-3-13(14)10-22/h1-9,11H,12H2/b23-11-. The van der Waals surface area contributed by atoms with Gasteiger partial charge in [0.25, 0.3) is 0 Å². The van der Waals surface area contributed by atoms with Gasteiger partial charge in [0, 0.05) is 10.0 Å². The van der Waals surface area contributed by atoms with Gasteiger partial charge in [-0.1, -0.05) is 39.3 Å². The van der Waals surface area contributed by atoms with Gasteiger partial charge in [-0.25, -0.2) is 4.39 Å². The average Bonchev–Trinajstić information content (AvgIpc) is 3.07. The zero-order valence-electron chi connectivity index (χ0n) is 12.9. The minimum Gasteiger partial charge on any atom is -0.455 e. The van der Waals surface area contributed by atoms with Crippen molar-refractivity contribution in [2.75, 3.05) is 0 Å². The first-order valence-corrected chi connectivity index (χ1v) is 8.15. The smallest absolute Gasteiger partial charge is 0.149 e. The van der Waals surface area contributed by atoms with Gasteiger partial charge in [-0.15, -0.1) is 0 Å². The molecule has 124 valence electrons. The summed E-state index contributed by atoms with van der Waals surface area (Å²) in [5.74, 6) is 0.462. The van der Waals surface area contributed by atoms with Crippen LogP contribution in [0.25, 0.3) is 11.3 Å². The van der Waals surface area contributed by atoms with Crippen molar-refractivity contribution in [2.45, 2.75) is 6.61 Å². The Morgan fingerprint density at radius 3 is 2.84 bits per heavy atom. The van der Waals surface area contributed by atoms with E-state index >= 15 is 0 Å². The lowest BCUT2D eigenvalue weighted by atomic mass is 10.1. The minimum absolute atomic E-state index is 0.176. The number of nitrogens with zero attached hydrogens (tertiary/aromatic N) is 2. The van der Waals surface area contributed by atoms with Crippen LogP contribution in [0.2, 0.25) is 0 Å². The predicted molar refractivity (Wildman–Crippen MR) is 95.3 cm³/mol. The molecule has 0 saturated carbocycles. The lowest BCUT2D eigenvalue weighted by molar-refractivity contribution is 0.131. The molecular formula is C19H12BrFN2O2. The molecule has 2 aromatic carbocycles. The first-order valence-electron chi connectivity index (χ1n) is 7.36. The molecule has 4 nitrogen and oxygen atoms in total. The lowest BCUT2D eigenvalue weighted by Crippen LogP contribution is -1.91. The van der Waals surface area contributed by atoms with Gasteiger partial charge in [-0.05, 0) is 36.4 Å². The fourth-order valence-electron chi connectivity index (χ4n) is 2.21. The summed E-state index contributed by atoms with van der Waals surface area (Å²) < 4.78 is 20.1. The van der Waals surface area contributed by atoms with Gasteiger partial charge in [-0.3, -0.25) is 0 Å². The maximum absolute atomic E-state index is 13.9. The van der Waals surface area contributed by atoms with Crippen LogP contribution in [0.5, 0.6) is 0 Å². The summed E-state index contributed by atoms with van der Waals surface area (Å²) in [6, 6.07) is 17.3. The number of hydrogen-bond acceptors (Lipinski definition) is 4. The van der Waals surface area contributed by atoms with Crippen molar-refractivity contribution in [3.05, 3.63) is 81.8 Å². The molecule has 0 fully saturated rings. The summed E-state index contributed by atoms with van der Waals surface area (Å²) in [6.07, 6.45) is 1.40. The molecule has 0 unspecified atom stereocenters. The van der Waals surface area contributed by atoms with Crippen LogP contribution in [-0.2, 0) is 11.4 Å². The van der Waals surface area contributed by atoms with Crippen molar-refractivity contribution in [1.29, 1.82) is 5.26 Å². The van der Waals surface area contributed by atoms with Crippen LogP contribution < -0.4 is 0 Å². The van der Waals surface area contributed by atoms with Crippen LogP contribution in [0.3, 0.4) is 0 Å². The molecule has 0 aliphatic carbocycles. The molecule has 1 aromatic heterocycles. The number of furan rings is 1. The second kappa shape index (κ2) is 7.77. The van der Waals surface area contributed by atoms with Gasteiger partial charge < -0.3 is 9.25 Å². The Morgan fingerprint density at radius 1 is 1.20 bits per heavy atom. The Kier molecular flexibility index (Phi) is 5.26. The normalized spacial score (nSPS) is 10.8. The minimum atomic E-state index is -0.378. The number of halogens is 2. The molecule has 3 aromatic rings. The number of rotatable bonds is 5. The quantitative estimate of drug-likeness (QED) is 0.434. The van der Waals surface area contributed by atoms with E-state index in [-0.39, 0.29) is 12.4 Å². The van der Waals surface area contributed by atoms with Gasteiger partial charge in [0.15, 0.2) is 0 Å². The van der Waals surface area contributed by atoms with Gasteiger partial charge in [0.05, 0.1) is 17.2 Å². The van der Waals surface area contributed by atoms with E-state index < -0.39 is 0 Å². The highest BCUT2D eigenvalue weighted by Crippen LogP contribution is 2.26. The van der Waals surface area contributed by atoms with Gasteiger partial charge in [-0.2, -0.15) is 5.26 Å². The molecule has 6 heteroatoms. The van der Waals surface area contributed by atoms with E-state index in [4.69, 9.17) is 14.5 Å². The number of oxime groups is 1. The van der Waals surface area contributed by atoms with Crippen LogP contribution in [-0.4, -0.2) is 6.21 Å². The lowest BCUT2D eigenvalue weighted by Gasteiger charge is -2.01. The van der Waals surface area contributed by atoms with Crippen LogP contribution in [0.15, 0.2) is 68.6 Å². The largest absolute Gasteiger partial charge is 0.455 e. The fourth-order valence-corrected chi connectivity index (χ4v) is 2.54. The van der Waals surface area contributed by atoms with Crippen LogP contribution in [0, 0.1) is 17.1 Å². The maximum Gasteiger partial charge on any atom is 0.149 e. The molecule has 0 N–H and O–H groups in total. The molecule has 0 aliphatic rings. The van der Waals surface area contributed by atoms with Crippen molar-refractivity contribution >= 4 is 22.1 Å². The molecule has 1 heterocycles. The van der Waals surface area contributed by atoms with E-state index in [1.807, 2.05) is 6.07 Å². The number of hydrogen-bond donors (Lipinski definition) is 0. The molecule has 0 amide bonds. The van der Waals surface area contributed by atoms with E-state index in [1.54, 1.807) is 42.5 Å². The Bertz CT molecular complexity index is 960. The summed E-state index contributed by atoms with van der Waals surface area (Å²) in [4.78, 5) is 5.20. The Morgan fingerprint density at radius 2 is 2.04 bits per heavy atom. The van der Waals surface area contributed by atoms with Crippen molar-refractivity contribution in [3.8, 4) is 17.4 Å². The molecule has 0 spiro atoms. The van der Waals surface area contributed by atoms with Crippen molar-refractivity contribution in [2.24, 2.45) is 5.16 Å². The third-order valence-corrected chi connectivity index (χ3v) is 3.93. The highest BCUT2D eigenvalue weighted by Gasteiger charge is 2.09. The molecule has 3 rings (SSSR count). The first kappa shape index (κ1) is 16.9. The SMILES string of the molecule is N#Cc1ccccc1CO/N=C\c1ccc(-c2ccc(Br)cc2F)o1. The van der Waals surface area contributed by atoms with Gasteiger partial charge in [0.2, 0.25) is 0 Å². The van der Waals surface area contributed by atoms with Crippen molar-refractivity contribution in [1.82, 2.24) is 0 Å². The number of nitriles is 1. The Hall–Kier alpha value is -2.91. The zero-order valence-corrected chi connectivity index (χ0v) is 14.5. The molecule has 0 saturated heterocycles. The maximum atomic E-state index is 13.9. The zero-order chi connectivity index (χ0) is 17.6. The van der Waals surface area contributed by atoms with E-state index in [2.05, 4.69) is 27.2 Å². The summed E-state index contributed by atoms with van der Waals surface area (Å²) in [5.41, 5.74) is 1.66. The summed E-state index contributed by atoms with van der Waals surface area (Å²) in [7, 11) is 0. The predicted octanol–water partition coefficient (Wildman–Crippen LogP) is 5.27. The highest BCUT2D eigenvalue weighted by molar-refractivity contribution is 9.10. The van der Waals surface area contributed by atoms with E-state index in [0.29, 0.717) is 27.1 Å². The van der Waals surface area contributed by atoms with E-state index in [0.717, 1.165) is 5.56 Å². The van der Waals surface area contributed by atoms with Crippen LogP contribution in [0.4, 0.5) is 4.39 Å². The van der Waals surface area contributed by atoms with E-state index in [9.17, 15) is 4.39 Å². The topological polar surface area (TPSA) is 58.5 Å². The van der Waals surface area contributed by atoms with Gasteiger partial charge in [0.1, 0.15) is 30.2 Å². The second-order valence-corrected chi connectivity index (χ2v) is 6.02. The van der Waals surface area contributed by atoms with Crippen LogP contribution in [0.1, 0.15) is 16.9 Å². The summed E-state index contributed by atoms with van der Waals surface area (Å²) in [6.45, 7) is 0.176. The van der Waals surface area contributed by atoms with Gasteiger partial charge >= 0.3 is 0 Å². The fraction of sp³-hybridized carbons (Fsp3) is 0.0526. The molecule has 0 atom stereocenters. The highest BCUT2D eigenvalue weighted by atomic mass is 79.9. The molecular weight excluding hydrogens is 387 g/mol. The second-order valence-electron chi connectivity index (χ2n) is 5.10. The molecule has 0 bridgehead atoms. The van der Waals surface area contributed by atoms with Crippen LogP contribution >= 0.6 is 15.9 Å². The summed E-state index contributed by atoms with van der Waals surface area (Å²) in [5, 5.41) is 12.8. The van der Waals surface area contributed by atoms with E-state index in [1.165, 1.54) is 12.3 Å². The van der Waals surface area contributed by atoms with Crippen molar-refractivity contribution in [3.63, 3.8) is 0 Å². The first-order chi connectivity index (χ1) is 12.2.